The van der Waals surface area contributed by atoms with Crippen LogP contribution >= 0.6 is 15.9 Å². The average molecular weight is 335 g/mol. The SMILES string of the molecule is CCCNC(c1cccc(OC)c1)c1ccc(Br)cn1. The second-order valence-corrected chi connectivity index (χ2v) is 5.48. The Kier molecular flexibility index (Phi) is 5.56. The summed E-state index contributed by atoms with van der Waals surface area (Å²) in [5.74, 6) is 0.864. The molecule has 1 N–H and O–H groups in total. The molecule has 4 heteroatoms. The molecule has 1 atom stereocenters. The van der Waals surface area contributed by atoms with E-state index >= 15 is 0 Å². The molecule has 0 saturated carbocycles. The maximum absolute atomic E-state index is 5.31. The van der Waals surface area contributed by atoms with Crippen LogP contribution in [0.2, 0.25) is 0 Å². The van der Waals surface area contributed by atoms with Crippen LogP contribution in [-0.4, -0.2) is 18.6 Å². The first-order chi connectivity index (χ1) is 9.74. The number of nitrogens with zero attached hydrogens (tertiary/aromatic N) is 1. The molecule has 2 rings (SSSR count). The summed E-state index contributed by atoms with van der Waals surface area (Å²) in [6, 6.07) is 12.2. The van der Waals surface area contributed by atoms with E-state index in [-0.39, 0.29) is 6.04 Å². The average Bonchev–Trinajstić information content (AvgIpc) is 2.49. The molecule has 0 spiro atoms. The van der Waals surface area contributed by atoms with E-state index in [1.807, 2.05) is 30.5 Å². The van der Waals surface area contributed by atoms with Gasteiger partial charge in [0.25, 0.3) is 0 Å². The number of methoxy groups -OCH3 is 1. The van der Waals surface area contributed by atoms with Crippen LogP contribution < -0.4 is 10.1 Å². The largest absolute Gasteiger partial charge is 0.497 e. The fraction of sp³-hybridized carbons (Fsp3) is 0.312. The van der Waals surface area contributed by atoms with Gasteiger partial charge in [-0.05, 0) is 58.7 Å². The molecule has 0 aliphatic carbocycles. The highest BCUT2D eigenvalue weighted by atomic mass is 79.9. The predicted octanol–water partition coefficient (Wildman–Crippen LogP) is 3.94. The van der Waals surface area contributed by atoms with E-state index in [1.54, 1.807) is 7.11 Å². The number of ether oxygens (including phenoxy) is 1. The van der Waals surface area contributed by atoms with Crippen LogP contribution in [0.5, 0.6) is 5.75 Å². The summed E-state index contributed by atoms with van der Waals surface area (Å²) in [5, 5.41) is 3.54. The normalized spacial score (nSPS) is 12.2. The highest BCUT2D eigenvalue weighted by Gasteiger charge is 2.15. The van der Waals surface area contributed by atoms with Gasteiger partial charge in [0.05, 0.1) is 18.8 Å². The summed E-state index contributed by atoms with van der Waals surface area (Å²) < 4.78 is 6.30. The molecule has 0 fully saturated rings. The van der Waals surface area contributed by atoms with E-state index in [0.717, 1.165) is 34.4 Å². The molecule has 20 heavy (non-hydrogen) atoms. The predicted molar refractivity (Wildman–Crippen MR) is 85.1 cm³/mol. The van der Waals surface area contributed by atoms with Gasteiger partial charge in [-0.1, -0.05) is 19.1 Å². The van der Waals surface area contributed by atoms with Gasteiger partial charge in [-0.2, -0.15) is 0 Å². The monoisotopic (exact) mass is 334 g/mol. The maximum Gasteiger partial charge on any atom is 0.119 e. The molecule has 0 aliphatic rings. The van der Waals surface area contributed by atoms with Crippen LogP contribution in [0.4, 0.5) is 0 Å². The first-order valence-corrected chi connectivity index (χ1v) is 7.52. The van der Waals surface area contributed by atoms with Crippen LogP contribution in [-0.2, 0) is 0 Å². The number of pyridine rings is 1. The van der Waals surface area contributed by atoms with Crippen molar-refractivity contribution in [1.82, 2.24) is 10.3 Å². The minimum absolute atomic E-state index is 0.0816. The van der Waals surface area contributed by atoms with Crippen molar-refractivity contribution in [2.24, 2.45) is 0 Å². The molecule has 0 aliphatic heterocycles. The number of benzene rings is 1. The molecule has 0 amide bonds. The van der Waals surface area contributed by atoms with Crippen molar-refractivity contribution in [2.75, 3.05) is 13.7 Å². The number of halogens is 1. The van der Waals surface area contributed by atoms with Gasteiger partial charge in [0.2, 0.25) is 0 Å². The van der Waals surface area contributed by atoms with Gasteiger partial charge in [0.15, 0.2) is 0 Å². The number of nitrogens with one attached hydrogen (secondary N) is 1. The maximum atomic E-state index is 5.31. The van der Waals surface area contributed by atoms with Crippen molar-refractivity contribution in [1.29, 1.82) is 0 Å². The molecule has 2 aromatic rings. The van der Waals surface area contributed by atoms with Crippen LogP contribution in [0.3, 0.4) is 0 Å². The van der Waals surface area contributed by atoms with Gasteiger partial charge in [-0.25, -0.2) is 0 Å². The second kappa shape index (κ2) is 7.41. The van der Waals surface area contributed by atoms with Gasteiger partial charge in [0, 0.05) is 10.7 Å². The van der Waals surface area contributed by atoms with Crippen molar-refractivity contribution in [3.05, 3.63) is 58.3 Å². The lowest BCUT2D eigenvalue weighted by Gasteiger charge is -2.19. The lowest BCUT2D eigenvalue weighted by atomic mass is 10.0. The number of hydrogen-bond donors (Lipinski definition) is 1. The van der Waals surface area contributed by atoms with Crippen LogP contribution in [0, 0.1) is 0 Å². The Hall–Kier alpha value is -1.39. The fourth-order valence-corrected chi connectivity index (χ4v) is 2.30. The fourth-order valence-electron chi connectivity index (χ4n) is 2.06. The Morgan fingerprint density at radius 3 is 2.80 bits per heavy atom. The Labute approximate surface area is 128 Å². The van der Waals surface area contributed by atoms with E-state index in [2.05, 4.69) is 45.3 Å². The third kappa shape index (κ3) is 3.81. The van der Waals surface area contributed by atoms with Gasteiger partial charge >= 0.3 is 0 Å². The third-order valence-corrected chi connectivity index (χ3v) is 3.54. The molecule has 0 bridgehead atoms. The van der Waals surface area contributed by atoms with Gasteiger partial charge in [-0.15, -0.1) is 0 Å². The Balaban J connectivity index is 2.32. The molecule has 1 aromatic carbocycles. The minimum atomic E-state index is 0.0816. The van der Waals surface area contributed by atoms with Crippen molar-refractivity contribution in [3.63, 3.8) is 0 Å². The summed E-state index contributed by atoms with van der Waals surface area (Å²) in [5.41, 5.74) is 2.17. The highest BCUT2D eigenvalue weighted by molar-refractivity contribution is 9.10. The van der Waals surface area contributed by atoms with Crippen molar-refractivity contribution < 1.29 is 4.74 Å². The lowest BCUT2D eigenvalue weighted by molar-refractivity contribution is 0.413. The van der Waals surface area contributed by atoms with E-state index < -0.39 is 0 Å². The molecular formula is C16H19BrN2O. The van der Waals surface area contributed by atoms with Crippen molar-refractivity contribution >= 4 is 15.9 Å². The molecule has 1 aromatic heterocycles. The third-order valence-electron chi connectivity index (χ3n) is 3.07. The minimum Gasteiger partial charge on any atom is -0.497 e. The summed E-state index contributed by atoms with van der Waals surface area (Å²) in [6.45, 7) is 3.10. The zero-order valence-corrected chi connectivity index (χ0v) is 13.4. The molecule has 0 radical (unpaired) electrons. The first-order valence-electron chi connectivity index (χ1n) is 6.73. The molecule has 0 saturated heterocycles. The first kappa shape index (κ1) is 15.0. The lowest BCUT2D eigenvalue weighted by Crippen LogP contribution is -2.24. The molecular weight excluding hydrogens is 316 g/mol. The summed E-state index contributed by atoms with van der Waals surface area (Å²) in [7, 11) is 1.69. The molecule has 3 nitrogen and oxygen atoms in total. The zero-order chi connectivity index (χ0) is 14.4. The van der Waals surface area contributed by atoms with Crippen LogP contribution in [0.1, 0.15) is 30.6 Å². The number of hydrogen-bond acceptors (Lipinski definition) is 3. The Morgan fingerprint density at radius 2 is 2.15 bits per heavy atom. The molecule has 1 unspecified atom stereocenters. The van der Waals surface area contributed by atoms with Gasteiger partial charge in [0.1, 0.15) is 5.75 Å². The zero-order valence-electron chi connectivity index (χ0n) is 11.8. The van der Waals surface area contributed by atoms with Crippen LogP contribution in [0.15, 0.2) is 47.1 Å². The highest BCUT2D eigenvalue weighted by Crippen LogP contribution is 2.24. The summed E-state index contributed by atoms with van der Waals surface area (Å²) in [4.78, 5) is 4.51. The van der Waals surface area contributed by atoms with E-state index in [0.29, 0.717) is 0 Å². The van der Waals surface area contributed by atoms with Gasteiger partial charge in [-0.3, -0.25) is 4.98 Å². The van der Waals surface area contributed by atoms with E-state index in [9.17, 15) is 0 Å². The van der Waals surface area contributed by atoms with E-state index in [4.69, 9.17) is 4.74 Å². The van der Waals surface area contributed by atoms with Crippen molar-refractivity contribution in [3.8, 4) is 5.75 Å². The van der Waals surface area contributed by atoms with E-state index in [1.165, 1.54) is 0 Å². The smallest absolute Gasteiger partial charge is 0.119 e. The second-order valence-electron chi connectivity index (χ2n) is 4.57. The standard InChI is InChI=1S/C16H19BrN2O/c1-3-9-18-16(15-8-7-13(17)11-19-15)12-5-4-6-14(10-12)20-2/h4-8,10-11,16,18H,3,9H2,1-2H3. The summed E-state index contributed by atoms with van der Waals surface area (Å²) in [6.07, 6.45) is 2.91. The van der Waals surface area contributed by atoms with Gasteiger partial charge < -0.3 is 10.1 Å². The quantitative estimate of drug-likeness (QED) is 0.868. The van der Waals surface area contributed by atoms with Crippen molar-refractivity contribution in [2.45, 2.75) is 19.4 Å². The van der Waals surface area contributed by atoms with Crippen LogP contribution in [0.25, 0.3) is 0 Å². The molecule has 106 valence electrons. The Bertz CT molecular complexity index is 542. The molecule has 1 heterocycles. The topological polar surface area (TPSA) is 34.1 Å². The summed E-state index contributed by atoms with van der Waals surface area (Å²) >= 11 is 3.42. The Morgan fingerprint density at radius 1 is 1.30 bits per heavy atom. The number of rotatable bonds is 6. The number of aromatic nitrogens is 1.